The lowest BCUT2D eigenvalue weighted by atomic mass is 9.86. The number of carbonyl (C=O) groups excluding carboxylic acids is 3. The van der Waals surface area contributed by atoms with E-state index in [-0.39, 0.29) is 29.7 Å². The second kappa shape index (κ2) is 14.7. The molecule has 2 aromatic carbocycles. The highest BCUT2D eigenvalue weighted by atomic mass is 16.5. The van der Waals surface area contributed by atoms with E-state index in [1.165, 1.54) is 0 Å². The van der Waals surface area contributed by atoms with Gasteiger partial charge in [-0.05, 0) is 43.4 Å². The Labute approximate surface area is 227 Å². The minimum atomic E-state index is -0.727. The summed E-state index contributed by atoms with van der Waals surface area (Å²) in [7, 11) is 0. The number of fused-ring (bicyclic) bond motifs is 1. The van der Waals surface area contributed by atoms with E-state index in [1.54, 1.807) is 13.8 Å². The van der Waals surface area contributed by atoms with Crippen molar-refractivity contribution in [3.05, 3.63) is 65.7 Å². The number of Topliss-reactive ketones (excluding diaryl/α,β-unsaturated/α-hetero) is 1. The summed E-state index contributed by atoms with van der Waals surface area (Å²) in [6.45, 7) is 8.60. The lowest BCUT2D eigenvalue weighted by Crippen LogP contribution is -2.51. The fourth-order valence-corrected chi connectivity index (χ4v) is 4.79. The number of hydrogen-bond donors (Lipinski definition) is 3. The van der Waals surface area contributed by atoms with E-state index in [0.29, 0.717) is 25.9 Å². The van der Waals surface area contributed by atoms with E-state index in [1.807, 2.05) is 68.4 Å². The molecule has 7 nitrogen and oxygen atoms in total. The molecule has 38 heavy (non-hydrogen) atoms. The van der Waals surface area contributed by atoms with E-state index >= 15 is 0 Å². The Kier molecular flexibility index (Phi) is 11.3. The molecule has 0 aliphatic carbocycles. The monoisotopic (exact) mass is 521 g/mol. The smallest absolute Gasteiger partial charge is 0.242 e. The fraction of sp³-hybridized carbons (Fsp3) is 0.516. The van der Waals surface area contributed by atoms with Crippen molar-refractivity contribution in [3.8, 4) is 5.75 Å². The van der Waals surface area contributed by atoms with Crippen LogP contribution in [0.5, 0.6) is 5.75 Å². The number of benzene rings is 2. The molecule has 1 heterocycles. The number of hydrogen-bond acceptors (Lipinski definition) is 5. The second-order valence-corrected chi connectivity index (χ2v) is 10.4. The molecule has 0 saturated carbocycles. The summed E-state index contributed by atoms with van der Waals surface area (Å²) >= 11 is 0. The Balaban J connectivity index is 1.85. The first kappa shape index (κ1) is 29.4. The standard InChI is InChI=1S/C31H43N3O4/c1-5-12-26-29(35)22(3)23(4)30(36)34-27(19-24-13-7-6-8-14-24)31(37)32-18-11-16-25-15-9-10-17-28(25)38-21(2)20-33-26/h6-10,13-15,17,21-23,26-27,33H,5,11-12,16,18-20H2,1-4H3,(H,32,37)(H,34,36)/t21-,22?,23+,26+,27-/m1/s1. The van der Waals surface area contributed by atoms with Crippen molar-refractivity contribution in [2.75, 3.05) is 13.1 Å². The summed E-state index contributed by atoms with van der Waals surface area (Å²) in [6, 6.07) is 16.5. The molecule has 1 aliphatic rings. The molecule has 2 amide bonds. The van der Waals surface area contributed by atoms with Crippen LogP contribution in [0, 0.1) is 11.8 Å². The highest BCUT2D eigenvalue weighted by Gasteiger charge is 2.33. The fourth-order valence-electron chi connectivity index (χ4n) is 4.79. The van der Waals surface area contributed by atoms with Gasteiger partial charge in [0.2, 0.25) is 11.8 Å². The number of aryl methyl sites for hydroxylation is 1. The van der Waals surface area contributed by atoms with Gasteiger partial charge < -0.3 is 20.7 Å². The molecule has 0 saturated heterocycles. The molecule has 1 unspecified atom stereocenters. The molecule has 0 radical (unpaired) electrons. The van der Waals surface area contributed by atoms with Crippen LogP contribution in [-0.2, 0) is 27.2 Å². The molecular formula is C31H43N3O4. The van der Waals surface area contributed by atoms with Gasteiger partial charge in [0.1, 0.15) is 17.9 Å². The SMILES string of the molecule is CCC[C@@H]1NC[C@@H](C)Oc2ccccc2CCCNC(=O)[C@@H](Cc2ccccc2)NC(=O)[C@@H](C)C(C)C1=O. The van der Waals surface area contributed by atoms with Crippen molar-refractivity contribution in [2.45, 2.75) is 78.0 Å². The Morgan fingerprint density at radius 2 is 1.58 bits per heavy atom. The summed E-state index contributed by atoms with van der Waals surface area (Å²) in [5.74, 6) is -0.761. The molecular weight excluding hydrogens is 478 g/mol. The predicted molar refractivity (Wildman–Crippen MR) is 150 cm³/mol. The van der Waals surface area contributed by atoms with E-state index in [4.69, 9.17) is 4.74 Å². The minimum absolute atomic E-state index is 0.00674. The molecule has 0 bridgehead atoms. The van der Waals surface area contributed by atoms with Crippen LogP contribution in [-0.4, -0.2) is 48.9 Å². The van der Waals surface area contributed by atoms with E-state index < -0.39 is 17.9 Å². The van der Waals surface area contributed by atoms with Crippen molar-refractivity contribution in [2.24, 2.45) is 11.8 Å². The molecule has 1 aliphatic heterocycles. The molecule has 5 atom stereocenters. The summed E-state index contributed by atoms with van der Waals surface area (Å²) in [6.07, 6.45) is 3.25. The number of ether oxygens (including phenoxy) is 1. The molecule has 0 spiro atoms. The van der Waals surface area contributed by atoms with Gasteiger partial charge in [-0.1, -0.05) is 75.7 Å². The third kappa shape index (κ3) is 8.42. The third-order valence-corrected chi connectivity index (χ3v) is 7.32. The number of carbonyl (C=O) groups is 3. The maximum Gasteiger partial charge on any atom is 0.242 e. The normalized spacial score (nSPS) is 26.2. The van der Waals surface area contributed by atoms with Crippen LogP contribution in [0.25, 0.3) is 0 Å². The van der Waals surface area contributed by atoms with Gasteiger partial charge in [-0.15, -0.1) is 0 Å². The molecule has 206 valence electrons. The van der Waals surface area contributed by atoms with Crippen LogP contribution < -0.4 is 20.7 Å². The lowest BCUT2D eigenvalue weighted by molar-refractivity contribution is -0.135. The molecule has 2 aromatic rings. The van der Waals surface area contributed by atoms with Crippen molar-refractivity contribution >= 4 is 17.6 Å². The van der Waals surface area contributed by atoms with Gasteiger partial charge in [-0.2, -0.15) is 0 Å². The zero-order chi connectivity index (χ0) is 27.5. The van der Waals surface area contributed by atoms with Gasteiger partial charge in [0, 0.05) is 31.3 Å². The number of nitrogens with one attached hydrogen (secondary N) is 3. The van der Waals surface area contributed by atoms with Crippen molar-refractivity contribution < 1.29 is 19.1 Å². The molecule has 7 heteroatoms. The Bertz CT molecular complexity index is 1060. The number of para-hydroxylation sites is 1. The van der Waals surface area contributed by atoms with Crippen molar-refractivity contribution in [1.29, 1.82) is 0 Å². The summed E-state index contributed by atoms with van der Waals surface area (Å²) in [5, 5.41) is 9.35. The maximum absolute atomic E-state index is 13.5. The number of amides is 2. The van der Waals surface area contributed by atoms with Crippen LogP contribution in [0.1, 0.15) is 58.1 Å². The van der Waals surface area contributed by atoms with E-state index in [2.05, 4.69) is 16.0 Å². The molecule has 0 fully saturated rings. The predicted octanol–water partition coefficient (Wildman–Crippen LogP) is 3.84. The second-order valence-electron chi connectivity index (χ2n) is 10.4. The average Bonchev–Trinajstić information content (AvgIpc) is 2.92. The summed E-state index contributed by atoms with van der Waals surface area (Å²) in [5.41, 5.74) is 2.03. The van der Waals surface area contributed by atoms with Crippen LogP contribution in [0.15, 0.2) is 54.6 Å². The maximum atomic E-state index is 13.5. The zero-order valence-electron chi connectivity index (χ0n) is 23.2. The first-order chi connectivity index (χ1) is 18.3. The van der Waals surface area contributed by atoms with Crippen molar-refractivity contribution in [1.82, 2.24) is 16.0 Å². The van der Waals surface area contributed by atoms with Crippen LogP contribution >= 0.6 is 0 Å². The van der Waals surface area contributed by atoms with E-state index in [9.17, 15) is 14.4 Å². The van der Waals surface area contributed by atoms with Gasteiger partial charge in [0.25, 0.3) is 0 Å². The van der Waals surface area contributed by atoms with E-state index in [0.717, 1.165) is 36.1 Å². The molecule has 0 aromatic heterocycles. The highest BCUT2D eigenvalue weighted by Crippen LogP contribution is 2.22. The zero-order valence-corrected chi connectivity index (χ0v) is 23.2. The Morgan fingerprint density at radius 1 is 0.868 bits per heavy atom. The van der Waals surface area contributed by atoms with Gasteiger partial charge in [0.15, 0.2) is 5.78 Å². The van der Waals surface area contributed by atoms with Gasteiger partial charge in [0.05, 0.1) is 6.04 Å². The van der Waals surface area contributed by atoms with Crippen LogP contribution in [0.4, 0.5) is 0 Å². The largest absolute Gasteiger partial charge is 0.489 e. The lowest BCUT2D eigenvalue weighted by Gasteiger charge is -2.27. The van der Waals surface area contributed by atoms with Gasteiger partial charge in [-0.3, -0.25) is 14.4 Å². The third-order valence-electron chi connectivity index (χ3n) is 7.32. The number of rotatable bonds is 4. The van der Waals surface area contributed by atoms with Gasteiger partial charge in [-0.25, -0.2) is 0 Å². The van der Waals surface area contributed by atoms with Crippen LogP contribution in [0.3, 0.4) is 0 Å². The molecule has 3 N–H and O–H groups in total. The summed E-state index contributed by atoms with van der Waals surface area (Å²) < 4.78 is 6.25. The average molecular weight is 522 g/mol. The Morgan fingerprint density at radius 3 is 2.32 bits per heavy atom. The van der Waals surface area contributed by atoms with Crippen molar-refractivity contribution in [3.63, 3.8) is 0 Å². The van der Waals surface area contributed by atoms with Crippen LogP contribution in [0.2, 0.25) is 0 Å². The first-order valence-electron chi connectivity index (χ1n) is 13.9. The number of ketones is 1. The van der Waals surface area contributed by atoms with Gasteiger partial charge >= 0.3 is 0 Å². The molecule has 3 rings (SSSR count). The topological polar surface area (TPSA) is 96.5 Å². The Hall–Kier alpha value is -3.19. The minimum Gasteiger partial charge on any atom is -0.489 e. The quantitative estimate of drug-likeness (QED) is 0.568. The first-order valence-corrected chi connectivity index (χ1v) is 13.9. The highest BCUT2D eigenvalue weighted by molar-refractivity contribution is 5.93. The summed E-state index contributed by atoms with van der Waals surface area (Å²) in [4.78, 5) is 40.0.